The standard InChI is InChI=1S/C10H17N3.C2H6/c1-2-3-4-12-6-9-5-10(11)8-13-7-9;1-2/h5,7-8,12H,2-4,6,11H2,1H3;1-2H3. The molecule has 3 heteroatoms. The smallest absolute Gasteiger partial charge is 0.0503 e. The number of pyridine rings is 1. The van der Waals surface area contributed by atoms with Gasteiger partial charge >= 0.3 is 0 Å². The number of rotatable bonds is 5. The van der Waals surface area contributed by atoms with Gasteiger partial charge in [0.25, 0.3) is 0 Å². The van der Waals surface area contributed by atoms with Crippen molar-refractivity contribution in [2.75, 3.05) is 12.3 Å². The fourth-order valence-corrected chi connectivity index (χ4v) is 1.14. The highest BCUT2D eigenvalue weighted by Crippen LogP contribution is 2.02. The van der Waals surface area contributed by atoms with Gasteiger partial charge < -0.3 is 11.1 Å². The molecule has 0 spiro atoms. The van der Waals surface area contributed by atoms with Crippen molar-refractivity contribution in [1.82, 2.24) is 10.3 Å². The highest BCUT2D eigenvalue weighted by molar-refractivity contribution is 5.36. The van der Waals surface area contributed by atoms with E-state index in [1.165, 1.54) is 12.8 Å². The van der Waals surface area contributed by atoms with Gasteiger partial charge in [0.2, 0.25) is 0 Å². The Morgan fingerprint density at radius 2 is 2.07 bits per heavy atom. The zero-order valence-electron chi connectivity index (χ0n) is 10.1. The molecule has 0 aliphatic carbocycles. The minimum absolute atomic E-state index is 0.731. The minimum atomic E-state index is 0.731. The van der Waals surface area contributed by atoms with Crippen LogP contribution in [0.2, 0.25) is 0 Å². The molecular formula is C12H23N3. The quantitative estimate of drug-likeness (QED) is 0.733. The van der Waals surface area contributed by atoms with Gasteiger partial charge in [0, 0.05) is 18.9 Å². The van der Waals surface area contributed by atoms with Gasteiger partial charge in [-0.05, 0) is 24.6 Å². The molecule has 0 unspecified atom stereocenters. The van der Waals surface area contributed by atoms with E-state index in [9.17, 15) is 0 Å². The van der Waals surface area contributed by atoms with Crippen LogP contribution in [0.5, 0.6) is 0 Å². The van der Waals surface area contributed by atoms with Crippen LogP contribution in [-0.4, -0.2) is 11.5 Å². The summed E-state index contributed by atoms with van der Waals surface area (Å²) in [5, 5.41) is 3.33. The van der Waals surface area contributed by atoms with Gasteiger partial charge in [0.05, 0.1) is 5.69 Å². The molecule has 1 aromatic heterocycles. The Bertz CT molecular complexity index is 248. The summed E-state index contributed by atoms with van der Waals surface area (Å²) in [5.74, 6) is 0. The predicted octanol–water partition coefficient (Wildman–Crippen LogP) is 2.58. The number of nitrogens with two attached hydrogens (primary N) is 1. The minimum Gasteiger partial charge on any atom is -0.397 e. The second kappa shape index (κ2) is 9.46. The Labute approximate surface area is 93.1 Å². The monoisotopic (exact) mass is 209 g/mol. The normalized spacial score (nSPS) is 9.27. The molecule has 86 valence electrons. The summed E-state index contributed by atoms with van der Waals surface area (Å²) < 4.78 is 0. The molecule has 0 aliphatic rings. The molecule has 0 aliphatic heterocycles. The highest BCUT2D eigenvalue weighted by Gasteiger charge is 1.92. The predicted molar refractivity (Wildman–Crippen MR) is 66.6 cm³/mol. The second-order valence-electron chi connectivity index (χ2n) is 3.16. The van der Waals surface area contributed by atoms with Crippen LogP contribution < -0.4 is 11.1 Å². The molecule has 0 fully saturated rings. The molecule has 0 bridgehead atoms. The van der Waals surface area contributed by atoms with E-state index in [2.05, 4.69) is 17.2 Å². The first-order valence-electron chi connectivity index (χ1n) is 5.73. The van der Waals surface area contributed by atoms with Crippen LogP contribution in [0.15, 0.2) is 18.5 Å². The molecule has 0 radical (unpaired) electrons. The highest BCUT2D eigenvalue weighted by atomic mass is 14.8. The number of nitrogens with one attached hydrogen (secondary N) is 1. The van der Waals surface area contributed by atoms with E-state index in [-0.39, 0.29) is 0 Å². The number of hydrogen-bond donors (Lipinski definition) is 2. The fraction of sp³-hybridized carbons (Fsp3) is 0.583. The van der Waals surface area contributed by atoms with Crippen LogP contribution >= 0.6 is 0 Å². The first kappa shape index (κ1) is 13.9. The molecule has 0 saturated heterocycles. The summed E-state index contributed by atoms with van der Waals surface area (Å²) in [6, 6.07) is 1.95. The molecule has 1 rings (SSSR count). The zero-order valence-corrected chi connectivity index (χ0v) is 10.1. The first-order chi connectivity index (χ1) is 7.33. The molecule has 1 heterocycles. The molecule has 1 aromatic rings. The SMILES string of the molecule is CC.CCCCNCc1cncc(N)c1. The topological polar surface area (TPSA) is 50.9 Å². The van der Waals surface area contributed by atoms with E-state index >= 15 is 0 Å². The molecule has 0 atom stereocenters. The van der Waals surface area contributed by atoms with Gasteiger partial charge in [0.15, 0.2) is 0 Å². The molecule has 0 aromatic carbocycles. The van der Waals surface area contributed by atoms with Crippen LogP contribution in [0.25, 0.3) is 0 Å². The molecule has 15 heavy (non-hydrogen) atoms. The number of unbranched alkanes of at least 4 members (excludes halogenated alkanes) is 1. The zero-order chi connectivity index (χ0) is 11.5. The Kier molecular flexibility index (Phi) is 8.78. The summed E-state index contributed by atoms with van der Waals surface area (Å²) in [4.78, 5) is 4.02. The third-order valence-corrected chi connectivity index (χ3v) is 1.85. The van der Waals surface area contributed by atoms with Crippen molar-refractivity contribution in [2.24, 2.45) is 0 Å². The van der Waals surface area contributed by atoms with E-state index in [1.54, 1.807) is 6.20 Å². The summed E-state index contributed by atoms with van der Waals surface area (Å²) >= 11 is 0. The van der Waals surface area contributed by atoms with Gasteiger partial charge in [-0.3, -0.25) is 4.98 Å². The largest absolute Gasteiger partial charge is 0.397 e. The van der Waals surface area contributed by atoms with Gasteiger partial charge in [-0.25, -0.2) is 0 Å². The lowest BCUT2D eigenvalue weighted by molar-refractivity contribution is 0.640. The summed E-state index contributed by atoms with van der Waals surface area (Å²) in [7, 11) is 0. The van der Waals surface area contributed by atoms with Crippen LogP contribution in [0.3, 0.4) is 0 Å². The number of nitrogen functional groups attached to an aromatic ring is 1. The second-order valence-corrected chi connectivity index (χ2v) is 3.16. The number of nitrogens with zero attached hydrogens (tertiary/aromatic N) is 1. The Morgan fingerprint density at radius 1 is 1.33 bits per heavy atom. The molecule has 3 N–H and O–H groups in total. The third-order valence-electron chi connectivity index (χ3n) is 1.85. The van der Waals surface area contributed by atoms with Crippen molar-refractivity contribution in [3.63, 3.8) is 0 Å². The van der Waals surface area contributed by atoms with Crippen molar-refractivity contribution in [3.8, 4) is 0 Å². The van der Waals surface area contributed by atoms with E-state index in [0.717, 1.165) is 24.3 Å². The number of aromatic nitrogens is 1. The van der Waals surface area contributed by atoms with E-state index < -0.39 is 0 Å². The number of anilines is 1. The van der Waals surface area contributed by atoms with Gasteiger partial charge in [0.1, 0.15) is 0 Å². The average Bonchev–Trinajstić information content (AvgIpc) is 2.27. The summed E-state index contributed by atoms with van der Waals surface area (Å²) in [6.45, 7) is 8.10. The van der Waals surface area contributed by atoms with Gasteiger partial charge in [-0.15, -0.1) is 0 Å². The van der Waals surface area contributed by atoms with Crippen molar-refractivity contribution in [1.29, 1.82) is 0 Å². The van der Waals surface area contributed by atoms with Crippen molar-refractivity contribution in [2.45, 2.75) is 40.2 Å². The molecular weight excluding hydrogens is 186 g/mol. The Hall–Kier alpha value is -1.09. The van der Waals surface area contributed by atoms with E-state index in [0.29, 0.717) is 0 Å². The van der Waals surface area contributed by atoms with Gasteiger partial charge in [-0.2, -0.15) is 0 Å². The lowest BCUT2D eigenvalue weighted by Gasteiger charge is -2.03. The Balaban J connectivity index is 0.000000921. The lowest BCUT2D eigenvalue weighted by atomic mass is 10.2. The van der Waals surface area contributed by atoms with Crippen LogP contribution in [0.1, 0.15) is 39.2 Å². The van der Waals surface area contributed by atoms with Crippen LogP contribution in [0.4, 0.5) is 5.69 Å². The third kappa shape index (κ3) is 6.91. The van der Waals surface area contributed by atoms with Gasteiger partial charge in [-0.1, -0.05) is 27.2 Å². The van der Waals surface area contributed by atoms with E-state index in [1.807, 2.05) is 26.1 Å². The molecule has 3 nitrogen and oxygen atoms in total. The van der Waals surface area contributed by atoms with Crippen molar-refractivity contribution in [3.05, 3.63) is 24.0 Å². The van der Waals surface area contributed by atoms with E-state index in [4.69, 9.17) is 5.73 Å². The summed E-state index contributed by atoms with van der Waals surface area (Å²) in [6.07, 6.45) is 5.95. The lowest BCUT2D eigenvalue weighted by Crippen LogP contribution is -2.14. The van der Waals surface area contributed by atoms with Crippen LogP contribution in [0, 0.1) is 0 Å². The van der Waals surface area contributed by atoms with Crippen molar-refractivity contribution < 1.29 is 0 Å². The van der Waals surface area contributed by atoms with Crippen molar-refractivity contribution >= 4 is 5.69 Å². The maximum absolute atomic E-state index is 5.60. The first-order valence-corrected chi connectivity index (χ1v) is 5.73. The summed E-state index contributed by atoms with van der Waals surface area (Å²) in [5.41, 5.74) is 7.48. The maximum atomic E-state index is 5.60. The molecule has 0 amide bonds. The average molecular weight is 209 g/mol. The Morgan fingerprint density at radius 3 is 2.67 bits per heavy atom. The van der Waals surface area contributed by atoms with Crippen LogP contribution in [-0.2, 0) is 6.54 Å². The maximum Gasteiger partial charge on any atom is 0.0503 e. The molecule has 0 saturated carbocycles. The fourth-order valence-electron chi connectivity index (χ4n) is 1.14. The number of hydrogen-bond acceptors (Lipinski definition) is 3.